The van der Waals surface area contributed by atoms with Crippen LogP contribution >= 0.6 is 11.3 Å². The lowest BCUT2D eigenvalue weighted by Gasteiger charge is -2.04. The summed E-state index contributed by atoms with van der Waals surface area (Å²) in [6.45, 7) is 2.86. The van der Waals surface area contributed by atoms with Gasteiger partial charge in [0.2, 0.25) is 0 Å². The van der Waals surface area contributed by atoms with E-state index < -0.39 is 0 Å². The minimum Gasteiger partial charge on any atom is -0.491 e. The van der Waals surface area contributed by atoms with Gasteiger partial charge in [-0.1, -0.05) is 17.3 Å². The summed E-state index contributed by atoms with van der Waals surface area (Å²) >= 11 is 1.63. The van der Waals surface area contributed by atoms with Crippen molar-refractivity contribution in [2.24, 2.45) is 0 Å². The van der Waals surface area contributed by atoms with Gasteiger partial charge in [-0.15, -0.1) is 16.4 Å². The zero-order valence-electron chi connectivity index (χ0n) is 12.1. The van der Waals surface area contributed by atoms with Crippen molar-refractivity contribution in [3.63, 3.8) is 0 Å². The Kier molecular flexibility index (Phi) is 4.45. The summed E-state index contributed by atoms with van der Waals surface area (Å²) < 4.78 is 7.18. The van der Waals surface area contributed by atoms with Gasteiger partial charge in [-0.2, -0.15) is 0 Å². The van der Waals surface area contributed by atoms with Crippen LogP contribution in [0.3, 0.4) is 0 Å². The van der Waals surface area contributed by atoms with Crippen LogP contribution in [0.15, 0.2) is 35.8 Å². The van der Waals surface area contributed by atoms with Gasteiger partial charge in [0.1, 0.15) is 18.1 Å². The third-order valence-electron chi connectivity index (χ3n) is 3.02. The Balaban J connectivity index is 1.75. The predicted octanol–water partition coefficient (Wildman–Crippen LogP) is 2.13. The van der Waals surface area contributed by atoms with E-state index >= 15 is 0 Å². The van der Waals surface area contributed by atoms with Crippen LogP contribution < -0.4 is 4.74 Å². The number of rotatable bonds is 6. The van der Waals surface area contributed by atoms with Crippen LogP contribution in [-0.4, -0.2) is 38.3 Å². The highest BCUT2D eigenvalue weighted by Crippen LogP contribution is 2.22. The molecule has 0 saturated heterocycles. The van der Waals surface area contributed by atoms with Crippen molar-refractivity contribution < 1.29 is 9.84 Å². The predicted molar refractivity (Wildman–Crippen MR) is 84.0 cm³/mol. The summed E-state index contributed by atoms with van der Waals surface area (Å²) in [5.41, 5.74) is 2.69. The normalized spacial score (nSPS) is 10.8. The van der Waals surface area contributed by atoms with Crippen molar-refractivity contribution in [2.45, 2.75) is 13.5 Å². The van der Waals surface area contributed by atoms with E-state index in [-0.39, 0.29) is 13.2 Å². The first-order chi connectivity index (χ1) is 10.7. The highest BCUT2D eigenvalue weighted by Gasteiger charge is 2.07. The lowest BCUT2D eigenvalue weighted by atomic mass is 10.1. The zero-order chi connectivity index (χ0) is 15.4. The molecule has 7 heteroatoms. The lowest BCUT2D eigenvalue weighted by Crippen LogP contribution is -2.01. The SMILES string of the molecule is Cc1nc(Cn2cc(-c3cccc(OCCO)c3)nn2)cs1. The molecule has 0 atom stereocenters. The Morgan fingerprint density at radius 2 is 2.27 bits per heavy atom. The monoisotopic (exact) mass is 316 g/mol. The Hall–Kier alpha value is -2.25. The van der Waals surface area contributed by atoms with Gasteiger partial charge in [0.15, 0.2) is 0 Å². The van der Waals surface area contributed by atoms with E-state index in [1.165, 1.54) is 0 Å². The van der Waals surface area contributed by atoms with Crippen molar-refractivity contribution in [1.82, 2.24) is 20.0 Å². The fourth-order valence-electron chi connectivity index (χ4n) is 2.06. The summed E-state index contributed by atoms with van der Waals surface area (Å²) in [7, 11) is 0. The minimum atomic E-state index is -0.00648. The third-order valence-corrected chi connectivity index (χ3v) is 3.84. The third kappa shape index (κ3) is 3.49. The molecule has 0 bridgehead atoms. The maximum Gasteiger partial charge on any atom is 0.120 e. The van der Waals surface area contributed by atoms with Crippen LogP contribution in [0, 0.1) is 6.92 Å². The number of hydrogen-bond donors (Lipinski definition) is 1. The van der Waals surface area contributed by atoms with Crippen LogP contribution in [0.2, 0.25) is 0 Å². The molecule has 1 N–H and O–H groups in total. The van der Waals surface area contributed by atoms with Gasteiger partial charge in [0.05, 0.1) is 30.1 Å². The van der Waals surface area contributed by atoms with Crippen LogP contribution in [0.25, 0.3) is 11.3 Å². The smallest absolute Gasteiger partial charge is 0.120 e. The molecule has 3 aromatic rings. The van der Waals surface area contributed by atoms with Crippen molar-refractivity contribution >= 4 is 11.3 Å². The first kappa shape index (κ1) is 14.7. The van der Waals surface area contributed by atoms with E-state index in [9.17, 15) is 0 Å². The molecule has 1 aromatic carbocycles. The first-order valence-electron chi connectivity index (χ1n) is 6.90. The molecule has 0 aliphatic heterocycles. The summed E-state index contributed by atoms with van der Waals surface area (Å²) in [5, 5.41) is 20.2. The molecule has 2 heterocycles. The maximum atomic E-state index is 8.80. The molecule has 6 nitrogen and oxygen atoms in total. The summed E-state index contributed by atoms with van der Waals surface area (Å²) in [4.78, 5) is 4.42. The highest BCUT2D eigenvalue weighted by atomic mass is 32.1. The van der Waals surface area contributed by atoms with E-state index in [2.05, 4.69) is 15.3 Å². The van der Waals surface area contributed by atoms with Crippen LogP contribution in [0.5, 0.6) is 5.75 Å². The number of aromatic nitrogens is 4. The largest absolute Gasteiger partial charge is 0.491 e. The van der Waals surface area contributed by atoms with Crippen molar-refractivity contribution in [1.29, 1.82) is 0 Å². The van der Waals surface area contributed by atoms with Gasteiger partial charge < -0.3 is 9.84 Å². The molecule has 0 aliphatic rings. The maximum absolute atomic E-state index is 8.80. The number of thiazole rings is 1. The van der Waals surface area contributed by atoms with Crippen molar-refractivity contribution in [3.05, 3.63) is 46.5 Å². The molecule has 3 rings (SSSR count). The fourth-order valence-corrected chi connectivity index (χ4v) is 2.67. The second-order valence-corrected chi connectivity index (χ2v) is 5.82. The average Bonchev–Trinajstić information content (AvgIpc) is 3.15. The van der Waals surface area contributed by atoms with Crippen molar-refractivity contribution in [2.75, 3.05) is 13.2 Å². The topological polar surface area (TPSA) is 73.1 Å². The highest BCUT2D eigenvalue weighted by molar-refractivity contribution is 7.09. The molecule has 0 amide bonds. The molecule has 0 spiro atoms. The first-order valence-corrected chi connectivity index (χ1v) is 7.78. The Morgan fingerprint density at radius 1 is 1.36 bits per heavy atom. The number of aliphatic hydroxyl groups excluding tert-OH is 1. The molecule has 0 unspecified atom stereocenters. The van der Waals surface area contributed by atoms with Crippen molar-refractivity contribution in [3.8, 4) is 17.0 Å². The Morgan fingerprint density at radius 3 is 3.05 bits per heavy atom. The molecule has 0 aliphatic carbocycles. The van der Waals surface area contributed by atoms with E-state index in [0.717, 1.165) is 22.0 Å². The number of hydrogen-bond acceptors (Lipinski definition) is 6. The summed E-state index contributed by atoms with van der Waals surface area (Å²) in [6.07, 6.45) is 1.89. The van der Waals surface area contributed by atoms with Gasteiger partial charge in [-0.05, 0) is 19.1 Å². The van der Waals surface area contributed by atoms with Gasteiger partial charge in [-0.25, -0.2) is 9.67 Å². The van der Waals surface area contributed by atoms with E-state index in [1.54, 1.807) is 16.0 Å². The summed E-state index contributed by atoms with van der Waals surface area (Å²) in [6, 6.07) is 7.58. The van der Waals surface area contributed by atoms with Gasteiger partial charge in [-0.3, -0.25) is 0 Å². The number of aryl methyl sites for hydroxylation is 1. The molecule has 2 aromatic heterocycles. The summed E-state index contributed by atoms with van der Waals surface area (Å²) in [5.74, 6) is 0.705. The fraction of sp³-hybridized carbons (Fsp3) is 0.267. The number of aliphatic hydroxyl groups is 1. The molecular formula is C15H16N4O2S. The Labute approximate surface area is 132 Å². The second-order valence-electron chi connectivity index (χ2n) is 4.76. The van der Waals surface area contributed by atoms with E-state index in [4.69, 9.17) is 9.84 Å². The number of nitrogens with zero attached hydrogens (tertiary/aromatic N) is 4. The van der Waals surface area contributed by atoms with Crippen LogP contribution in [0.1, 0.15) is 10.7 Å². The van der Waals surface area contributed by atoms with Gasteiger partial charge in [0, 0.05) is 10.9 Å². The zero-order valence-corrected chi connectivity index (χ0v) is 13.0. The van der Waals surface area contributed by atoms with Gasteiger partial charge in [0.25, 0.3) is 0 Å². The average molecular weight is 316 g/mol. The Bertz CT molecular complexity index is 753. The van der Waals surface area contributed by atoms with Gasteiger partial charge >= 0.3 is 0 Å². The second kappa shape index (κ2) is 6.67. The van der Waals surface area contributed by atoms with Crippen LogP contribution in [-0.2, 0) is 6.54 Å². The molecule has 22 heavy (non-hydrogen) atoms. The number of benzene rings is 1. The standard InChI is InChI=1S/C15H16N4O2S/c1-11-16-13(10-22-11)8-19-9-15(17-18-19)12-3-2-4-14(7-12)21-6-5-20/h2-4,7,9-10,20H,5-6,8H2,1H3. The van der Waals surface area contributed by atoms with Crippen LogP contribution in [0.4, 0.5) is 0 Å². The molecule has 0 fully saturated rings. The number of ether oxygens (including phenoxy) is 1. The lowest BCUT2D eigenvalue weighted by molar-refractivity contribution is 0.201. The van der Waals surface area contributed by atoms with E-state index in [1.807, 2.05) is 42.8 Å². The quantitative estimate of drug-likeness (QED) is 0.754. The minimum absolute atomic E-state index is 0.00648. The molecule has 0 saturated carbocycles. The molecular weight excluding hydrogens is 300 g/mol. The molecule has 0 radical (unpaired) electrons. The molecule has 114 valence electrons. The van der Waals surface area contributed by atoms with E-state index in [0.29, 0.717) is 12.3 Å².